The van der Waals surface area contributed by atoms with E-state index in [-0.39, 0.29) is 46.9 Å². The molecule has 2 aliphatic carbocycles. The van der Waals surface area contributed by atoms with Gasteiger partial charge in [0.2, 0.25) is 5.60 Å². The van der Waals surface area contributed by atoms with Crippen LogP contribution in [0.25, 0.3) is 22.2 Å². The van der Waals surface area contributed by atoms with E-state index in [1.165, 1.54) is 31.2 Å². The third-order valence-electron chi connectivity index (χ3n) is 8.56. The lowest BCUT2D eigenvalue weighted by Crippen LogP contribution is -2.51. The van der Waals surface area contributed by atoms with E-state index >= 15 is 0 Å². The van der Waals surface area contributed by atoms with Gasteiger partial charge in [0, 0.05) is 28.3 Å². The van der Waals surface area contributed by atoms with E-state index in [0.29, 0.717) is 16.7 Å². The van der Waals surface area contributed by atoms with Crippen molar-refractivity contribution in [3.05, 3.63) is 71.3 Å². The molecule has 3 heterocycles. The molecule has 1 aliphatic heterocycles. The molecule has 0 spiro atoms. The van der Waals surface area contributed by atoms with Crippen LogP contribution in [0.5, 0.6) is 11.5 Å². The Morgan fingerprint density at radius 3 is 2.53 bits per heavy atom. The molecular weight excluding hydrogens is 599 g/mol. The van der Waals surface area contributed by atoms with Gasteiger partial charge in [0.1, 0.15) is 41.8 Å². The third kappa shape index (κ3) is 5.26. The summed E-state index contributed by atoms with van der Waals surface area (Å²) in [6.45, 7) is -0.952. The second kappa shape index (κ2) is 10.4. The van der Waals surface area contributed by atoms with Crippen molar-refractivity contribution in [2.24, 2.45) is 0 Å². The lowest BCUT2D eigenvalue weighted by molar-refractivity contribution is -0.265. The van der Waals surface area contributed by atoms with Crippen LogP contribution in [0, 0.1) is 5.82 Å². The van der Waals surface area contributed by atoms with Gasteiger partial charge in [0.15, 0.2) is 0 Å². The van der Waals surface area contributed by atoms with E-state index in [0.717, 1.165) is 43.9 Å². The highest BCUT2D eigenvalue weighted by molar-refractivity contribution is 6.00. The van der Waals surface area contributed by atoms with Gasteiger partial charge in [-0.05, 0) is 75.1 Å². The molecule has 2 fully saturated rings. The zero-order valence-electron chi connectivity index (χ0n) is 24.1. The molecule has 4 aromatic rings. The number of pyridine rings is 1. The van der Waals surface area contributed by atoms with Gasteiger partial charge in [-0.25, -0.2) is 13.8 Å². The minimum atomic E-state index is -5.32. The number of halogens is 5. The van der Waals surface area contributed by atoms with Gasteiger partial charge in [-0.15, -0.1) is 0 Å². The highest BCUT2D eigenvalue weighted by Crippen LogP contribution is 2.48. The molecule has 2 aromatic heterocycles. The summed E-state index contributed by atoms with van der Waals surface area (Å²) < 4.78 is 85.6. The Labute approximate surface area is 254 Å². The fraction of sp³-hybridized carbons (Fsp3) is 0.406. The monoisotopic (exact) mass is 628 g/mol. The number of aromatic nitrogens is 3. The number of nitrogens with zero attached hydrogens (tertiary/aromatic N) is 3. The standard InChI is InChI=1S/C32H29F5N4O4/c1-30(14-33)16-44-28-23(30)12-25(39-27(28)17-2-4-20(34)5-3-17)31(43,32(35,36)37)15-38-29(42)18-10-19-13-41(21-6-7-21)40-26(19)24(11-18)45-22-8-9-22/h2-5,10-13,21-22,43H,6-9,14-16H2,1H3,(H,38,42)/t30-,31+/m1/s1. The molecule has 0 saturated heterocycles. The topological polar surface area (TPSA) is 98.5 Å². The number of rotatable bonds is 9. The van der Waals surface area contributed by atoms with Crippen LogP contribution in [-0.4, -0.2) is 57.9 Å². The summed E-state index contributed by atoms with van der Waals surface area (Å²) in [6.07, 6.45) is 0.0974. The van der Waals surface area contributed by atoms with Crippen LogP contribution in [0.4, 0.5) is 22.0 Å². The number of carbonyl (C=O) groups excluding carboxylic acids is 1. The number of nitrogens with one attached hydrogen (secondary N) is 1. The Morgan fingerprint density at radius 2 is 1.89 bits per heavy atom. The summed E-state index contributed by atoms with van der Waals surface area (Å²) in [7, 11) is 0. The first-order chi connectivity index (χ1) is 21.4. The molecule has 3 aliphatic rings. The normalized spacial score (nSPS) is 20.9. The Bertz CT molecular complexity index is 1800. The number of fused-ring (bicyclic) bond motifs is 2. The summed E-state index contributed by atoms with van der Waals surface area (Å²) in [6, 6.07) is 8.98. The van der Waals surface area contributed by atoms with Crippen molar-refractivity contribution in [1.82, 2.24) is 20.1 Å². The first-order valence-electron chi connectivity index (χ1n) is 14.7. The molecule has 7 rings (SSSR count). The Balaban J connectivity index is 1.25. The van der Waals surface area contributed by atoms with Crippen molar-refractivity contribution in [3.63, 3.8) is 0 Å². The van der Waals surface area contributed by atoms with Crippen molar-refractivity contribution in [3.8, 4) is 22.8 Å². The Morgan fingerprint density at radius 1 is 1.16 bits per heavy atom. The molecule has 236 valence electrons. The highest BCUT2D eigenvalue weighted by Gasteiger charge is 2.57. The average molecular weight is 629 g/mol. The minimum absolute atomic E-state index is 0.0203. The van der Waals surface area contributed by atoms with Gasteiger partial charge in [-0.1, -0.05) is 0 Å². The van der Waals surface area contributed by atoms with Crippen LogP contribution >= 0.6 is 0 Å². The largest absolute Gasteiger partial charge is 0.490 e. The van der Waals surface area contributed by atoms with E-state index in [9.17, 15) is 31.9 Å². The SMILES string of the molecule is C[C@@]1(CF)COc2c1cc([C@@](O)(CNC(=O)c1cc(OC3CC3)c3nn(C4CC4)cc3c1)C(F)(F)F)nc2-c1ccc(F)cc1. The molecule has 8 nitrogen and oxygen atoms in total. The first kappa shape index (κ1) is 29.5. The fourth-order valence-electron chi connectivity index (χ4n) is 5.44. The quantitative estimate of drug-likeness (QED) is 0.224. The number of amides is 1. The molecule has 1 amide bonds. The predicted octanol–water partition coefficient (Wildman–Crippen LogP) is 5.91. The molecule has 2 atom stereocenters. The summed E-state index contributed by atoms with van der Waals surface area (Å²) in [5, 5.41) is 18.7. The fourth-order valence-corrected chi connectivity index (χ4v) is 5.44. The molecule has 2 aromatic carbocycles. The van der Waals surface area contributed by atoms with Crippen molar-refractivity contribution in [2.75, 3.05) is 19.8 Å². The van der Waals surface area contributed by atoms with E-state index in [4.69, 9.17) is 9.47 Å². The highest BCUT2D eigenvalue weighted by atomic mass is 19.4. The zero-order chi connectivity index (χ0) is 31.7. The van der Waals surface area contributed by atoms with Crippen molar-refractivity contribution >= 4 is 16.8 Å². The van der Waals surface area contributed by atoms with Gasteiger partial charge < -0.3 is 19.9 Å². The van der Waals surface area contributed by atoms with E-state index < -0.39 is 47.8 Å². The lowest BCUT2D eigenvalue weighted by atomic mass is 9.83. The van der Waals surface area contributed by atoms with Crippen molar-refractivity contribution < 1.29 is 41.3 Å². The second-order valence-electron chi connectivity index (χ2n) is 12.3. The maximum Gasteiger partial charge on any atom is 0.424 e. The van der Waals surface area contributed by atoms with Crippen LogP contribution in [0.15, 0.2) is 48.7 Å². The minimum Gasteiger partial charge on any atom is -0.490 e. The predicted molar refractivity (Wildman–Crippen MR) is 152 cm³/mol. The number of hydrogen-bond donors (Lipinski definition) is 2. The van der Waals surface area contributed by atoms with Crippen LogP contribution in [-0.2, 0) is 11.0 Å². The molecule has 0 unspecified atom stereocenters. The second-order valence-corrected chi connectivity index (χ2v) is 12.3. The van der Waals surface area contributed by atoms with Crippen LogP contribution in [0.2, 0.25) is 0 Å². The van der Waals surface area contributed by atoms with Gasteiger partial charge in [0.25, 0.3) is 5.91 Å². The Kier molecular flexibility index (Phi) is 6.80. The first-order valence-corrected chi connectivity index (χ1v) is 14.7. The smallest absolute Gasteiger partial charge is 0.424 e. The Hall–Kier alpha value is -4.26. The maximum atomic E-state index is 14.7. The zero-order valence-corrected chi connectivity index (χ0v) is 24.1. The van der Waals surface area contributed by atoms with Gasteiger partial charge in [0.05, 0.1) is 29.8 Å². The van der Waals surface area contributed by atoms with Gasteiger partial charge >= 0.3 is 6.18 Å². The van der Waals surface area contributed by atoms with Gasteiger partial charge in [-0.3, -0.25) is 9.48 Å². The molecule has 2 N–H and O–H groups in total. The number of aliphatic hydroxyl groups is 1. The van der Waals surface area contributed by atoms with Crippen LogP contribution in [0.1, 0.15) is 60.3 Å². The molecular formula is C32H29F5N4O4. The number of carbonyl (C=O) groups is 1. The average Bonchev–Trinajstić information content (AvgIpc) is 3.95. The number of benzene rings is 2. The summed E-state index contributed by atoms with van der Waals surface area (Å²) in [5.74, 6) is -1.06. The number of ether oxygens (including phenoxy) is 2. The molecule has 0 radical (unpaired) electrons. The van der Waals surface area contributed by atoms with Crippen molar-refractivity contribution in [1.29, 1.82) is 0 Å². The maximum absolute atomic E-state index is 14.7. The van der Waals surface area contributed by atoms with Gasteiger partial charge in [-0.2, -0.15) is 18.3 Å². The summed E-state index contributed by atoms with van der Waals surface area (Å²) in [5.41, 5.74) is -5.11. The number of alkyl halides is 4. The van der Waals surface area contributed by atoms with Crippen LogP contribution < -0.4 is 14.8 Å². The molecule has 45 heavy (non-hydrogen) atoms. The van der Waals surface area contributed by atoms with Crippen LogP contribution in [0.3, 0.4) is 0 Å². The molecule has 2 saturated carbocycles. The third-order valence-corrected chi connectivity index (χ3v) is 8.56. The summed E-state index contributed by atoms with van der Waals surface area (Å²) in [4.78, 5) is 17.5. The summed E-state index contributed by atoms with van der Waals surface area (Å²) >= 11 is 0. The van der Waals surface area contributed by atoms with E-state index in [1.807, 2.05) is 4.68 Å². The van der Waals surface area contributed by atoms with E-state index in [2.05, 4.69) is 15.4 Å². The number of hydrogen-bond acceptors (Lipinski definition) is 6. The van der Waals surface area contributed by atoms with Crippen molar-refractivity contribution in [2.45, 2.75) is 61.9 Å². The molecule has 13 heteroatoms. The molecule has 0 bridgehead atoms. The lowest BCUT2D eigenvalue weighted by Gasteiger charge is -2.31. The van der Waals surface area contributed by atoms with E-state index in [1.54, 1.807) is 6.20 Å².